The van der Waals surface area contributed by atoms with E-state index in [1.807, 2.05) is 0 Å². The third-order valence-electron chi connectivity index (χ3n) is 3.04. The van der Waals surface area contributed by atoms with Crippen molar-refractivity contribution in [3.05, 3.63) is 35.1 Å². The average molecular weight is 461 g/mol. The Morgan fingerprint density at radius 2 is 1.07 bits per heavy atom. The summed E-state index contributed by atoms with van der Waals surface area (Å²) in [5.74, 6) is -40.4. The molecule has 0 aromatic heterocycles. The largest absolute Gasteiger partial charge is 0.460 e. The average Bonchev–Trinajstić information content (AvgIpc) is 2.59. The molecule has 0 spiro atoms. The molecule has 0 bridgehead atoms. The van der Waals surface area contributed by atoms with E-state index in [-0.39, 0.29) is 0 Å². The highest BCUT2D eigenvalue weighted by atomic mass is 19.4. The fourth-order valence-corrected chi connectivity index (χ4v) is 1.50. The predicted molar refractivity (Wildman–Crippen MR) is 61.5 cm³/mol. The zero-order valence-corrected chi connectivity index (χ0v) is 12.7. The number of halogens is 15. The van der Waals surface area contributed by atoms with E-state index in [9.17, 15) is 65.9 Å². The lowest BCUT2D eigenvalue weighted by Gasteiger charge is -2.32. The topological polar surface area (TPSA) is 35.2 Å². The third-order valence-corrected chi connectivity index (χ3v) is 3.04. The van der Waals surface area contributed by atoms with Crippen LogP contribution in [0.3, 0.4) is 0 Å². The molecule has 0 heterocycles. The van der Waals surface area contributed by atoms with Gasteiger partial charge in [-0.3, -0.25) is 0 Å². The molecule has 0 saturated carbocycles. The quantitative estimate of drug-likeness (QED) is 0.199. The van der Waals surface area contributed by atoms with Crippen LogP contribution < -0.4 is 10.5 Å². The van der Waals surface area contributed by atoms with Gasteiger partial charge in [-0.2, -0.15) is 52.7 Å². The maximum absolute atomic E-state index is 13.3. The van der Waals surface area contributed by atoms with Crippen LogP contribution in [0.25, 0.3) is 0 Å². The van der Waals surface area contributed by atoms with Crippen molar-refractivity contribution in [3.63, 3.8) is 0 Å². The molecule has 2 N–H and O–H groups in total. The van der Waals surface area contributed by atoms with Crippen LogP contribution in [0.5, 0.6) is 5.75 Å². The van der Waals surface area contributed by atoms with Gasteiger partial charge < -0.3 is 10.5 Å². The van der Waals surface area contributed by atoms with Crippen molar-refractivity contribution in [1.82, 2.24) is 0 Å². The molecule has 1 aromatic carbocycles. The molecule has 166 valence electrons. The minimum absolute atomic E-state index is 2.07. The number of benzene rings is 1. The Morgan fingerprint density at radius 1 is 0.655 bits per heavy atom. The van der Waals surface area contributed by atoms with Crippen LogP contribution in [0.15, 0.2) is 11.8 Å². The zero-order valence-electron chi connectivity index (χ0n) is 12.7. The first kappa shape index (κ1) is 24.5. The molecule has 0 aliphatic heterocycles. The summed E-state index contributed by atoms with van der Waals surface area (Å²) in [5.41, 5.74) is 2.49. The molecule has 0 aliphatic carbocycles. The zero-order chi connectivity index (χ0) is 23.3. The number of alkyl halides is 9. The third kappa shape index (κ3) is 3.61. The second-order valence-corrected chi connectivity index (χ2v) is 4.91. The van der Waals surface area contributed by atoms with Gasteiger partial charge in [-0.25, -0.2) is 13.2 Å². The molecule has 0 aliphatic rings. The van der Waals surface area contributed by atoms with E-state index in [0.29, 0.717) is 0 Å². The molecule has 0 amide bonds. The number of hydrogen-bond acceptors (Lipinski definition) is 2. The van der Waals surface area contributed by atoms with Crippen LogP contribution in [0.4, 0.5) is 71.5 Å². The molecule has 0 unspecified atom stereocenters. The van der Waals surface area contributed by atoms with E-state index in [1.165, 1.54) is 0 Å². The number of hydrogen-bond donors (Lipinski definition) is 1. The van der Waals surface area contributed by atoms with Crippen LogP contribution in [0.2, 0.25) is 0 Å². The molecule has 0 fully saturated rings. The first-order valence-corrected chi connectivity index (χ1v) is 6.28. The Bertz CT molecular complexity index is 812. The fraction of sp³-hybridized carbons (Fsp3) is 0.333. The molecule has 2 nitrogen and oxygen atoms in total. The van der Waals surface area contributed by atoms with E-state index in [4.69, 9.17) is 0 Å². The van der Waals surface area contributed by atoms with Crippen molar-refractivity contribution < 1.29 is 70.6 Å². The standard InChI is InChI=1S/C12H2F15NO/c13-1-2(14)4(16)6(5(28)3(1)15)29-8(18)7(17)9(19,20)10(21,22)11(23,24)12(25,26)27/h28H2. The molecule has 1 aromatic rings. The monoisotopic (exact) mass is 461 g/mol. The van der Waals surface area contributed by atoms with Crippen molar-refractivity contribution in [2.45, 2.75) is 23.9 Å². The normalized spacial score (nSPS) is 14.7. The maximum Gasteiger partial charge on any atom is 0.460 e. The number of ether oxygens (including phenoxy) is 1. The van der Waals surface area contributed by atoms with Gasteiger partial charge in [-0.15, -0.1) is 0 Å². The highest BCUT2D eigenvalue weighted by molar-refractivity contribution is 5.55. The summed E-state index contributed by atoms with van der Waals surface area (Å²) in [5, 5.41) is 0. The molecule has 29 heavy (non-hydrogen) atoms. The van der Waals surface area contributed by atoms with Crippen molar-refractivity contribution in [1.29, 1.82) is 0 Å². The summed E-state index contributed by atoms with van der Waals surface area (Å²) < 4.78 is 195. The number of nitrogen functional groups attached to an aromatic ring is 1. The molecule has 0 atom stereocenters. The molecule has 0 saturated heterocycles. The Morgan fingerprint density at radius 3 is 1.48 bits per heavy atom. The lowest BCUT2D eigenvalue weighted by molar-refractivity contribution is -0.392. The summed E-state index contributed by atoms with van der Waals surface area (Å²) in [6, 6.07) is -3.84. The van der Waals surface area contributed by atoms with E-state index in [2.05, 4.69) is 10.5 Å². The van der Waals surface area contributed by atoms with Gasteiger partial charge in [0.25, 0.3) is 0 Å². The molecular formula is C12H2F15NO. The van der Waals surface area contributed by atoms with E-state index < -0.39 is 70.5 Å². The van der Waals surface area contributed by atoms with E-state index >= 15 is 0 Å². The number of rotatable bonds is 5. The van der Waals surface area contributed by atoms with Crippen molar-refractivity contribution >= 4 is 5.69 Å². The summed E-state index contributed by atoms with van der Waals surface area (Å²) >= 11 is 0. The highest BCUT2D eigenvalue weighted by Gasteiger charge is 2.83. The smallest absolute Gasteiger partial charge is 0.424 e. The van der Waals surface area contributed by atoms with Gasteiger partial charge in [-0.1, -0.05) is 0 Å². The predicted octanol–water partition coefficient (Wildman–Crippen LogP) is 5.78. The van der Waals surface area contributed by atoms with E-state index in [0.717, 1.165) is 0 Å². The SMILES string of the molecule is Nc1c(F)c(F)c(F)c(F)c1OC(F)=C(F)C(F)(F)C(F)(F)C(F)(F)C(F)(F)F. The van der Waals surface area contributed by atoms with Crippen LogP contribution in [0, 0.1) is 23.3 Å². The first-order valence-electron chi connectivity index (χ1n) is 6.28. The van der Waals surface area contributed by atoms with E-state index in [1.54, 1.807) is 0 Å². The minimum Gasteiger partial charge on any atom is -0.424 e. The summed E-state index contributed by atoms with van der Waals surface area (Å²) in [4.78, 5) is 0. The van der Waals surface area contributed by atoms with Crippen LogP contribution in [-0.2, 0) is 0 Å². The van der Waals surface area contributed by atoms with Crippen LogP contribution in [-0.4, -0.2) is 23.9 Å². The summed E-state index contributed by atoms with van der Waals surface area (Å²) in [7, 11) is 0. The highest BCUT2D eigenvalue weighted by Crippen LogP contribution is 2.56. The Hall–Kier alpha value is -2.49. The Kier molecular flexibility index (Phi) is 6.00. The van der Waals surface area contributed by atoms with Gasteiger partial charge in [0.2, 0.25) is 17.5 Å². The van der Waals surface area contributed by atoms with Crippen LogP contribution >= 0.6 is 0 Å². The van der Waals surface area contributed by atoms with Gasteiger partial charge in [0.15, 0.2) is 17.4 Å². The Balaban J connectivity index is 3.55. The van der Waals surface area contributed by atoms with Gasteiger partial charge in [0.1, 0.15) is 5.69 Å². The number of allylic oxidation sites excluding steroid dienone is 1. The second kappa shape index (κ2) is 7.08. The van der Waals surface area contributed by atoms with Crippen molar-refractivity contribution in [3.8, 4) is 5.75 Å². The summed E-state index contributed by atoms with van der Waals surface area (Å²) in [6.07, 6.45) is -7.38. The second-order valence-electron chi connectivity index (χ2n) is 4.91. The lowest BCUT2D eigenvalue weighted by Crippen LogP contribution is -2.61. The summed E-state index contributed by atoms with van der Waals surface area (Å²) in [6.45, 7) is 0. The number of anilines is 1. The lowest BCUT2D eigenvalue weighted by atomic mass is 10.0. The van der Waals surface area contributed by atoms with Crippen LogP contribution in [0.1, 0.15) is 0 Å². The minimum atomic E-state index is -7.67. The first-order chi connectivity index (χ1) is 12.7. The Labute approximate surface area is 148 Å². The van der Waals surface area contributed by atoms with Gasteiger partial charge in [0, 0.05) is 0 Å². The van der Waals surface area contributed by atoms with Gasteiger partial charge >= 0.3 is 30.0 Å². The van der Waals surface area contributed by atoms with Crippen molar-refractivity contribution in [2.24, 2.45) is 0 Å². The molecule has 0 radical (unpaired) electrons. The molecule has 1 rings (SSSR count). The molecular weight excluding hydrogens is 459 g/mol. The van der Waals surface area contributed by atoms with Crippen molar-refractivity contribution in [2.75, 3.05) is 5.73 Å². The maximum atomic E-state index is 13.3. The molecule has 17 heteroatoms. The number of nitrogens with two attached hydrogens (primary N) is 1. The van der Waals surface area contributed by atoms with Gasteiger partial charge in [0.05, 0.1) is 0 Å². The fourth-order valence-electron chi connectivity index (χ4n) is 1.50. The van der Waals surface area contributed by atoms with Gasteiger partial charge in [-0.05, 0) is 0 Å².